The summed E-state index contributed by atoms with van der Waals surface area (Å²) in [5, 5.41) is 0. The first-order valence-corrected chi connectivity index (χ1v) is 4.99. The first-order chi connectivity index (χ1) is 5.33. The molecule has 0 nitrogen and oxygen atoms in total. The molecule has 1 aliphatic rings. The molecule has 0 heteroatoms. The lowest BCUT2D eigenvalue weighted by molar-refractivity contribution is 0.426. The first kappa shape index (κ1) is 8.83. The van der Waals surface area contributed by atoms with E-state index in [9.17, 15) is 0 Å². The van der Waals surface area contributed by atoms with E-state index in [4.69, 9.17) is 0 Å². The predicted octanol–water partition coefficient (Wildman–Crippen LogP) is 3.92. The third-order valence-electron chi connectivity index (χ3n) is 2.75. The summed E-state index contributed by atoms with van der Waals surface area (Å²) in [6.07, 6.45) is 9.64. The zero-order valence-electron chi connectivity index (χ0n) is 7.73. The second kappa shape index (κ2) is 4.58. The van der Waals surface area contributed by atoms with E-state index in [-0.39, 0.29) is 0 Å². The first-order valence-electron chi connectivity index (χ1n) is 4.99. The Kier molecular flexibility index (Phi) is 3.68. The van der Waals surface area contributed by atoms with Crippen molar-refractivity contribution in [3.05, 3.63) is 12.2 Å². The van der Waals surface area contributed by atoms with Gasteiger partial charge in [-0.2, -0.15) is 0 Å². The van der Waals surface area contributed by atoms with Crippen molar-refractivity contribution in [2.24, 2.45) is 5.92 Å². The Balaban J connectivity index is 2.28. The average molecular weight is 152 g/mol. The third kappa shape index (κ3) is 3.09. The van der Waals surface area contributed by atoms with Crippen LogP contribution in [0, 0.1) is 5.92 Å². The molecule has 0 aromatic rings. The fraction of sp³-hybridized carbons (Fsp3) is 0.818. The van der Waals surface area contributed by atoms with E-state index in [1.54, 1.807) is 0 Å². The lowest BCUT2D eigenvalue weighted by Gasteiger charge is -2.10. The summed E-state index contributed by atoms with van der Waals surface area (Å²) in [7, 11) is 0. The van der Waals surface area contributed by atoms with Gasteiger partial charge in [-0.05, 0) is 31.6 Å². The highest BCUT2D eigenvalue weighted by atomic mass is 14.2. The smallest absolute Gasteiger partial charge is 0.0320 e. The van der Waals surface area contributed by atoms with Gasteiger partial charge in [0.2, 0.25) is 0 Å². The topological polar surface area (TPSA) is 0 Å². The molecule has 0 aromatic carbocycles. The zero-order chi connectivity index (χ0) is 8.10. The normalized spacial score (nSPS) is 26.6. The molecule has 1 saturated carbocycles. The summed E-state index contributed by atoms with van der Waals surface area (Å²) in [6, 6.07) is 0. The molecule has 1 unspecified atom stereocenters. The maximum atomic E-state index is 4.07. The van der Waals surface area contributed by atoms with Gasteiger partial charge in [0.25, 0.3) is 0 Å². The summed E-state index contributed by atoms with van der Waals surface area (Å²) >= 11 is 0. The Hall–Kier alpha value is -0.260. The summed E-state index contributed by atoms with van der Waals surface area (Å²) in [4.78, 5) is 0. The maximum absolute atomic E-state index is 4.07. The van der Waals surface area contributed by atoms with Crippen LogP contribution in [0.4, 0.5) is 0 Å². The molecule has 0 aliphatic heterocycles. The Morgan fingerprint density at radius 1 is 1.36 bits per heavy atom. The number of hydrogen-bond donors (Lipinski definition) is 0. The molecule has 0 bridgehead atoms. The van der Waals surface area contributed by atoms with Gasteiger partial charge in [0.05, 0.1) is 0 Å². The monoisotopic (exact) mass is 152 g/mol. The lowest BCUT2D eigenvalue weighted by Crippen LogP contribution is -1.96. The highest BCUT2D eigenvalue weighted by Crippen LogP contribution is 2.28. The third-order valence-corrected chi connectivity index (χ3v) is 2.75. The SMILES string of the molecule is C=C1CCCC(CCC)CC1. The molecule has 11 heavy (non-hydrogen) atoms. The number of rotatable bonds is 2. The van der Waals surface area contributed by atoms with Crippen molar-refractivity contribution in [2.45, 2.75) is 51.9 Å². The molecule has 64 valence electrons. The van der Waals surface area contributed by atoms with E-state index in [2.05, 4.69) is 13.5 Å². The predicted molar refractivity (Wildman–Crippen MR) is 50.6 cm³/mol. The Morgan fingerprint density at radius 2 is 2.18 bits per heavy atom. The van der Waals surface area contributed by atoms with Crippen LogP contribution in [-0.4, -0.2) is 0 Å². The van der Waals surface area contributed by atoms with Crippen molar-refractivity contribution in [1.29, 1.82) is 0 Å². The number of allylic oxidation sites excluding steroid dienone is 1. The average Bonchev–Trinajstić information content (AvgIpc) is 2.17. The van der Waals surface area contributed by atoms with Gasteiger partial charge in [0.15, 0.2) is 0 Å². The van der Waals surface area contributed by atoms with Crippen molar-refractivity contribution < 1.29 is 0 Å². The quantitative estimate of drug-likeness (QED) is 0.415. The van der Waals surface area contributed by atoms with Crippen molar-refractivity contribution in [1.82, 2.24) is 0 Å². The standard InChI is InChI=1S/C11H20/c1-3-5-11-7-4-6-10(2)8-9-11/h11H,2-9H2,1H3. The van der Waals surface area contributed by atoms with Gasteiger partial charge in [-0.15, -0.1) is 0 Å². The second-order valence-corrected chi connectivity index (χ2v) is 3.84. The van der Waals surface area contributed by atoms with Crippen LogP contribution < -0.4 is 0 Å². The van der Waals surface area contributed by atoms with Crippen LogP contribution in [0.3, 0.4) is 0 Å². The van der Waals surface area contributed by atoms with Crippen LogP contribution in [0.2, 0.25) is 0 Å². The van der Waals surface area contributed by atoms with E-state index < -0.39 is 0 Å². The van der Waals surface area contributed by atoms with Crippen molar-refractivity contribution in [2.75, 3.05) is 0 Å². The molecule has 1 rings (SSSR count). The summed E-state index contributed by atoms with van der Waals surface area (Å²) in [6.45, 7) is 6.36. The largest absolute Gasteiger partial charge is 0.0999 e. The van der Waals surface area contributed by atoms with E-state index in [0.717, 1.165) is 5.92 Å². The van der Waals surface area contributed by atoms with Crippen LogP contribution >= 0.6 is 0 Å². The fourth-order valence-corrected chi connectivity index (χ4v) is 2.02. The van der Waals surface area contributed by atoms with Crippen LogP contribution in [0.25, 0.3) is 0 Å². The highest BCUT2D eigenvalue weighted by Gasteiger charge is 2.12. The Bertz CT molecular complexity index is 124. The molecule has 1 atom stereocenters. The van der Waals surface area contributed by atoms with Gasteiger partial charge < -0.3 is 0 Å². The van der Waals surface area contributed by atoms with Crippen LogP contribution in [0.15, 0.2) is 12.2 Å². The molecule has 0 radical (unpaired) electrons. The molecule has 0 heterocycles. The molecular weight excluding hydrogens is 132 g/mol. The summed E-state index contributed by atoms with van der Waals surface area (Å²) in [5.74, 6) is 1.01. The second-order valence-electron chi connectivity index (χ2n) is 3.84. The molecule has 1 aliphatic carbocycles. The minimum absolute atomic E-state index is 1.01. The zero-order valence-corrected chi connectivity index (χ0v) is 7.73. The number of hydrogen-bond acceptors (Lipinski definition) is 0. The fourth-order valence-electron chi connectivity index (χ4n) is 2.02. The van der Waals surface area contributed by atoms with Crippen LogP contribution in [-0.2, 0) is 0 Å². The Morgan fingerprint density at radius 3 is 2.91 bits per heavy atom. The van der Waals surface area contributed by atoms with Gasteiger partial charge in [-0.1, -0.05) is 38.3 Å². The molecule has 0 saturated heterocycles. The molecule has 0 spiro atoms. The van der Waals surface area contributed by atoms with Crippen molar-refractivity contribution in [3.8, 4) is 0 Å². The molecule has 0 aromatic heterocycles. The summed E-state index contributed by atoms with van der Waals surface area (Å²) in [5.41, 5.74) is 1.49. The van der Waals surface area contributed by atoms with Crippen LogP contribution in [0.5, 0.6) is 0 Å². The lowest BCUT2D eigenvalue weighted by atomic mass is 9.95. The van der Waals surface area contributed by atoms with E-state index in [1.807, 2.05) is 0 Å². The minimum Gasteiger partial charge on any atom is -0.0999 e. The van der Waals surface area contributed by atoms with Gasteiger partial charge >= 0.3 is 0 Å². The van der Waals surface area contributed by atoms with Gasteiger partial charge in [0.1, 0.15) is 0 Å². The molecular formula is C11H20. The Labute approximate surface area is 70.7 Å². The van der Waals surface area contributed by atoms with E-state index >= 15 is 0 Å². The summed E-state index contributed by atoms with van der Waals surface area (Å²) < 4.78 is 0. The van der Waals surface area contributed by atoms with E-state index in [1.165, 1.54) is 50.5 Å². The maximum Gasteiger partial charge on any atom is -0.0320 e. The molecule has 1 fully saturated rings. The molecule has 0 N–H and O–H groups in total. The minimum atomic E-state index is 1.01. The molecule has 0 amide bonds. The van der Waals surface area contributed by atoms with Crippen molar-refractivity contribution in [3.63, 3.8) is 0 Å². The van der Waals surface area contributed by atoms with Gasteiger partial charge in [-0.3, -0.25) is 0 Å². The highest BCUT2D eigenvalue weighted by molar-refractivity contribution is 4.96. The van der Waals surface area contributed by atoms with E-state index in [0.29, 0.717) is 0 Å². The van der Waals surface area contributed by atoms with Crippen molar-refractivity contribution >= 4 is 0 Å². The van der Waals surface area contributed by atoms with Gasteiger partial charge in [-0.25, -0.2) is 0 Å². The van der Waals surface area contributed by atoms with Crippen LogP contribution in [0.1, 0.15) is 51.9 Å². The van der Waals surface area contributed by atoms with Gasteiger partial charge in [0, 0.05) is 0 Å².